The van der Waals surface area contributed by atoms with E-state index >= 15 is 0 Å². The monoisotopic (exact) mass is 348 g/mol. The van der Waals surface area contributed by atoms with Gasteiger partial charge < -0.3 is 5.11 Å². The number of carbonyl (C=O) groups is 1. The molecule has 0 fully saturated rings. The number of hydrogen-bond donors (Lipinski definition) is 2. The fourth-order valence-corrected chi connectivity index (χ4v) is 3.13. The van der Waals surface area contributed by atoms with Crippen LogP contribution >= 0.6 is 23.2 Å². The van der Waals surface area contributed by atoms with E-state index in [1.54, 1.807) is 12.1 Å². The molecule has 0 radical (unpaired) electrons. The molecule has 2 N–H and O–H groups in total. The van der Waals surface area contributed by atoms with Crippen molar-refractivity contribution in [1.29, 1.82) is 0 Å². The molecule has 118 valence electrons. The molecule has 3 rings (SSSR count). The summed E-state index contributed by atoms with van der Waals surface area (Å²) in [5.74, 6) is -0.356. The highest BCUT2D eigenvalue weighted by molar-refractivity contribution is 6.37. The van der Waals surface area contributed by atoms with Gasteiger partial charge in [-0.25, -0.2) is 5.43 Å². The van der Waals surface area contributed by atoms with Gasteiger partial charge in [0.2, 0.25) is 0 Å². The standard InChI is InChI=1S/C17H14Cl2N2O2/c1-9-2-4-10(5-3-9)17(23)21-20-14-7-6-11-12(18)8-13(19)16(22)15(11)14/h2-5,8,22H,6-7H2,1H3,(H,21,23)/b20-14+. The SMILES string of the molecule is Cc1ccc(C(=O)N/N=C2\CCc3c(Cl)cc(Cl)c(O)c32)cc1. The molecule has 0 heterocycles. The van der Waals surface area contributed by atoms with E-state index in [0.717, 1.165) is 11.1 Å². The van der Waals surface area contributed by atoms with Gasteiger partial charge in [-0.1, -0.05) is 40.9 Å². The molecule has 0 saturated heterocycles. The molecule has 4 nitrogen and oxygen atoms in total. The Kier molecular flexibility index (Phi) is 4.28. The first-order valence-corrected chi connectivity index (χ1v) is 7.86. The Balaban J connectivity index is 1.87. The van der Waals surface area contributed by atoms with Gasteiger partial charge in [-0.2, -0.15) is 5.10 Å². The van der Waals surface area contributed by atoms with Crippen molar-refractivity contribution in [3.63, 3.8) is 0 Å². The van der Waals surface area contributed by atoms with Crippen LogP contribution in [0.4, 0.5) is 0 Å². The van der Waals surface area contributed by atoms with Gasteiger partial charge in [-0.05, 0) is 43.5 Å². The number of aryl methyl sites for hydroxylation is 1. The van der Waals surface area contributed by atoms with E-state index in [0.29, 0.717) is 34.7 Å². The summed E-state index contributed by atoms with van der Waals surface area (Å²) in [5, 5.41) is 15.0. The van der Waals surface area contributed by atoms with E-state index in [9.17, 15) is 9.90 Å². The zero-order valence-corrected chi connectivity index (χ0v) is 13.9. The second-order valence-electron chi connectivity index (χ2n) is 5.41. The molecule has 1 aliphatic rings. The Bertz CT molecular complexity index is 814. The smallest absolute Gasteiger partial charge is 0.271 e. The average molecular weight is 349 g/mol. The number of phenols is 1. The lowest BCUT2D eigenvalue weighted by Gasteiger charge is -2.08. The fourth-order valence-electron chi connectivity index (χ4n) is 2.57. The maximum atomic E-state index is 12.1. The van der Waals surface area contributed by atoms with Gasteiger partial charge in [-0.3, -0.25) is 4.79 Å². The Hall–Kier alpha value is -2.04. The number of fused-ring (bicyclic) bond motifs is 1. The number of hydrazone groups is 1. The van der Waals surface area contributed by atoms with Gasteiger partial charge in [0.05, 0.1) is 10.7 Å². The number of nitrogens with zero attached hydrogens (tertiary/aromatic N) is 1. The van der Waals surface area contributed by atoms with Gasteiger partial charge in [0.1, 0.15) is 5.75 Å². The predicted octanol–water partition coefficient (Wildman–Crippen LogP) is 4.09. The molecule has 0 aromatic heterocycles. The van der Waals surface area contributed by atoms with E-state index in [-0.39, 0.29) is 16.7 Å². The third kappa shape index (κ3) is 3.05. The van der Waals surface area contributed by atoms with Crippen molar-refractivity contribution in [2.45, 2.75) is 19.8 Å². The zero-order chi connectivity index (χ0) is 16.6. The van der Waals surface area contributed by atoms with Crippen LogP contribution in [0.1, 0.15) is 33.5 Å². The molecule has 23 heavy (non-hydrogen) atoms. The van der Waals surface area contributed by atoms with Crippen molar-refractivity contribution >= 4 is 34.8 Å². The predicted molar refractivity (Wildman–Crippen MR) is 91.6 cm³/mol. The Labute approximate surface area is 143 Å². The van der Waals surface area contributed by atoms with E-state index in [4.69, 9.17) is 23.2 Å². The van der Waals surface area contributed by atoms with Crippen LogP contribution in [0.25, 0.3) is 0 Å². The third-order valence-corrected chi connectivity index (χ3v) is 4.44. The van der Waals surface area contributed by atoms with Crippen LogP contribution in [0.5, 0.6) is 5.75 Å². The molecule has 6 heteroatoms. The van der Waals surface area contributed by atoms with Crippen LogP contribution in [0.3, 0.4) is 0 Å². The van der Waals surface area contributed by atoms with Crippen LogP contribution in [0.15, 0.2) is 35.4 Å². The molecule has 1 aliphatic carbocycles. The first-order chi connectivity index (χ1) is 11.0. The van der Waals surface area contributed by atoms with Crippen LogP contribution < -0.4 is 5.43 Å². The normalized spacial score (nSPS) is 14.8. The molecule has 0 bridgehead atoms. The summed E-state index contributed by atoms with van der Waals surface area (Å²) < 4.78 is 0. The van der Waals surface area contributed by atoms with E-state index in [2.05, 4.69) is 10.5 Å². The highest BCUT2D eigenvalue weighted by Crippen LogP contribution is 2.40. The number of aromatic hydroxyl groups is 1. The number of amides is 1. The maximum Gasteiger partial charge on any atom is 0.271 e. The zero-order valence-electron chi connectivity index (χ0n) is 12.4. The van der Waals surface area contributed by atoms with Gasteiger partial charge in [-0.15, -0.1) is 0 Å². The number of halogens is 2. The van der Waals surface area contributed by atoms with Crippen LogP contribution in [-0.4, -0.2) is 16.7 Å². The molecule has 0 spiro atoms. The number of benzene rings is 2. The van der Waals surface area contributed by atoms with Crippen molar-refractivity contribution in [3.05, 3.63) is 62.6 Å². The molecule has 0 atom stereocenters. The van der Waals surface area contributed by atoms with E-state index in [1.165, 1.54) is 6.07 Å². The fraction of sp³-hybridized carbons (Fsp3) is 0.176. The molecular formula is C17H14Cl2N2O2. The van der Waals surface area contributed by atoms with Crippen LogP contribution in [-0.2, 0) is 6.42 Å². The molecular weight excluding hydrogens is 335 g/mol. The largest absolute Gasteiger partial charge is 0.506 e. The average Bonchev–Trinajstić information content (AvgIpc) is 2.96. The topological polar surface area (TPSA) is 61.7 Å². The summed E-state index contributed by atoms with van der Waals surface area (Å²) in [7, 11) is 0. The lowest BCUT2D eigenvalue weighted by Crippen LogP contribution is -2.19. The lowest BCUT2D eigenvalue weighted by atomic mass is 10.1. The van der Waals surface area contributed by atoms with Gasteiger partial charge in [0.25, 0.3) is 5.91 Å². The van der Waals surface area contributed by atoms with Crippen LogP contribution in [0.2, 0.25) is 10.0 Å². The molecule has 1 amide bonds. The summed E-state index contributed by atoms with van der Waals surface area (Å²) >= 11 is 12.1. The molecule has 0 unspecified atom stereocenters. The molecule has 0 saturated carbocycles. The van der Waals surface area contributed by atoms with Gasteiger partial charge in [0, 0.05) is 16.1 Å². The van der Waals surface area contributed by atoms with Crippen molar-refractivity contribution in [3.8, 4) is 5.75 Å². The molecule has 2 aromatic carbocycles. The minimum absolute atomic E-state index is 0.0492. The summed E-state index contributed by atoms with van der Waals surface area (Å²) in [6, 6.07) is 8.71. The maximum absolute atomic E-state index is 12.1. The van der Waals surface area contributed by atoms with Crippen molar-refractivity contribution in [2.75, 3.05) is 0 Å². The van der Waals surface area contributed by atoms with Gasteiger partial charge >= 0.3 is 0 Å². The molecule has 0 aliphatic heterocycles. The number of hydrogen-bond acceptors (Lipinski definition) is 3. The van der Waals surface area contributed by atoms with Crippen molar-refractivity contribution in [1.82, 2.24) is 5.43 Å². The molecule has 2 aromatic rings. The van der Waals surface area contributed by atoms with E-state index in [1.807, 2.05) is 19.1 Å². The minimum Gasteiger partial charge on any atom is -0.506 e. The van der Waals surface area contributed by atoms with E-state index < -0.39 is 0 Å². The third-order valence-electron chi connectivity index (χ3n) is 3.81. The summed E-state index contributed by atoms with van der Waals surface area (Å²) in [6.45, 7) is 1.95. The first kappa shape index (κ1) is 15.8. The lowest BCUT2D eigenvalue weighted by molar-refractivity contribution is 0.0955. The number of nitrogens with one attached hydrogen (secondary N) is 1. The van der Waals surface area contributed by atoms with Crippen LogP contribution in [0, 0.1) is 6.92 Å². The summed E-state index contributed by atoms with van der Waals surface area (Å²) in [6.07, 6.45) is 1.23. The second kappa shape index (κ2) is 6.22. The highest BCUT2D eigenvalue weighted by Gasteiger charge is 2.26. The Morgan fingerprint density at radius 3 is 2.57 bits per heavy atom. The summed E-state index contributed by atoms with van der Waals surface area (Å²) in [4.78, 5) is 12.1. The Morgan fingerprint density at radius 2 is 1.87 bits per heavy atom. The van der Waals surface area contributed by atoms with Crippen molar-refractivity contribution < 1.29 is 9.90 Å². The highest BCUT2D eigenvalue weighted by atomic mass is 35.5. The second-order valence-corrected chi connectivity index (χ2v) is 6.22. The minimum atomic E-state index is -0.307. The number of rotatable bonds is 2. The number of carbonyl (C=O) groups excluding carboxylic acids is 1. The summed E-state index contributed by atoms with van der Waals surface area (Å²) in [5.41, 5.74) is 6.01. The van der Waals surface area contributed by atoms with Crippen molar-refractivity contribution in [2.24, 2.45) is 5.10 Å². The first-order valence-electron chi connectivity index (χ1n) is 7.11. The quantitative estimate of drug-likeness (QED) is 0.803. The number of phenolic OH excluding ortho intramolecular Hbond substituents is 1. The Morgan fingerprint density at radius 1 is 1.17 bits per heavy atom. The van der Waals surface area contributed by atoms with Gasteiger partial charge in [0.15, 0.2) is 0 Å².